The zero-order valence-electron chi connectivity index (χ0n) is 16.9. The molecule has 0 saturated carbocycles. The highest BCUT2D eigenvalue weighted by molar-refractivity contribution is 6.12. The van der Waals surface area contributed by atoms with E-state index < -0.39 is 10.9 Å². The van der Waals surface area contributed by atoms with Crippen molar-refractivity contribution in [3.8, 4) is 5.75 Å². The van der Waals surface area contributed by atoms with Gasteiger partial charge < -0.3 is 9.47 Å². The summed E-state index contributed by atoms with van der Waals surface area (Å²) in [4.78, 5) is 26.6. The summed E-state index contributed by atoms with van der Waals surface area (Å²) in [5.41, 5.74) is 1.43. The molecule has 0 saturated heterocycles. The Hall–Kier alpha value is -3.48. The van der Waals surface area contributed by atoms with Crippen LogP contribution in [0, 0.1) is 10.1 Å². The monoisotopic (exact) mass is 408 g/mol. The molecule has 1 aliphatic heterocycles. The van der Waals surface area contributed by atoms with Crippen molar-refractivity contribution in [2.24, 2.45) is 4.99 Å². The standard InChI is InChI=1S/C23H24N2O5/c1-2-3-4-5-6-15-29-20-13-9-18(10-14-20)22-24-21(23(26)30-22)16-17-7-11-19(12-8-17)25(27)28/h7-14,16H,2-6,15H2,1H3/b21-16+. The van der Waals surface area contributed by atoms with Gasteiger partial charge in [0.25, 0.3) is 5.69 Å². The fourth-order valence-corrected chi connectivity index (χ4v) is 2.97. The zero-order valence-corrected chi connectivity index (χ0v) is 16.9. The first-order valence-corrected chi connectivity index (χ1v) is 10.1. The summed E-state index contributed by atoms with van der Waals surface area (Å²) < 4.78 is 11.0. The Bertz CT molecular complexity index is 947. The number of nitro benzene ring substituents is 1. The Labute approximate surface area is 175 Å². The highest BCUT2D eigenvalue weighted by Crippen LogP contribution is 2.22. The van der Waals surface area contributed by atoms with E-state index >= 15 is 0 Å². The van der Waals surface area contributed by atoms with Crippen LogP contribution >= 0.6 is 0 Å². The summed E-state index contributed by atoms with van der Waals surface area (Å²) in [6.07, 6.45) is 7.46. The molecular formula is C23H24N2O5. The molecule has 0 amide bonds. The number of carbonyl (C=O) groups is 1. The van der Waals surface area contributed by atoms with Gasteiger partial charge in [0.1, 0.15) is 5.75 Å². The molecule has 0 bridgehead atoms. The molecule has 7 heteroatoms. The van der Waals surface area contributed by atoms with Gasteiger partial charge in [0.15, 0.2) is 5.70 Å². The Morgan fingerprint density at radius 3 is 2.40 bits per heavy atom. The van der Waals surface area contributed by atoms with Crippen LogP contribution < -0.4 is 4.74 Å². The van der Waals surface area contributed by atoms with E-state index in [1.807, 2.05) is 12.1 Å². The van der Waals surface area contributed by atoms with E-state index in [1.165, 1.54) is 43.9 Å². The molecule has 1 aliphatic rings. The molecule has 156 valence electrons. The minimum Gasteiger partial charge on any atom is -0.494 e. The molecule has 0 fully saturated rings. The van der Waals surface area contributed by atoms with Crippen LogP contribution in [0.4, 0.5) is 5.69 Å². The number of benzene rings is 2. The number of ether oxygens (including phenoxy) is 2. The number of nitrogens with zero attached hydrogens (tertiary/aromatic N) is 2. The number of aliphatic imine (C=N–C) groups is 1. The zero-order chi connectivity index (χ0) is 21.3. The number of hydrogen-bond acceptors (Lipinski definition) is 6. The average molecular weight is 408 g/mol. The minimum absolute atomic E-state index is 0.0152. The van der Waals surface area contributed by atoms with Crippen LogP contribution in [-0.2, 0) is 9.53 Å². The SMILES string of the molecule is CCCCCCCOc1ccc(C2=N/C(=C/c3ccc([N+](=O)[O-])cc3)C(=O)O2)cc1. The lowest BCUT2D eigenvalue weighted by Gasteiger charge is -2.07. The Morgan fingerprint density at radius 2 is 1.73 bits per heavy atom. The molecule has 3 rings (SSSR count). The first kappa shape index (κ1) is 21.2. The summed E-state index contributed by atoms with van der Waals surface area (Å²) in [6.45, 7) is 2.87. The van der Waals surface area contributed by atoms with Crippen molar-refractivity contribution in [2.75, 3.05) is 6.61 Å². The van der Waals surface area contributed by atoms with Crippen molar-refractivity contribution in [1.29, 1.82) is 0 Å². The molecule has 1 heterocycles. The number of esters is 1. The predicted molar refractivity (Wildman–Crippen MR) is 114 cm³/mol. The number of cyclic esters (lactones) is 1. The molecule has 0 aromatic heterocycles. The first-order valence-electron chi connectivity index (χ1n) is 10.1. The third-order valence-electron chi connectivity index (χ3n) is 4.65. The van der Waals surface area contributed by atoms with Crippen LogP contribution in [0.5, 0.6) is 5.75 Å². The smallest absolute Gasteiger partial charge is 0.363 e. The summed E-state index contributed by atoms with van der Waals surface area (Å²) in [5, 5.41) is 10.7. The van der Waals surface area contributed by atoms with Gasteiger partial charge in [-0.2, -0.15) is 0 Å². The molecule has 0 aliphatic carbocycles. The summed E-state index contributed by atoms with van der Waals surface area (Å²) in [5.74, 6) is 0.427. The Kier molecular flexibility index (Phi) is 7.32. The van der Waals surface area contributed by atoms with Crippen molar-refractivity contribution >= 4 is 23.6 Å². The van der Waals surface area contributed by atoms with E-state index in [0.29, 0.717) is 17.7 Å². The lowest BCUT2D eigenvalue weighted by molar-refractivity contribution is -0.384. The molecule has 7 nitrogen and oxygen atoms in total. The van der Waals surface area contributed by atoms with Crippen molar-refractivity contribution in [3.63, 3.8) is 0 Å². The minimum atomic E-state index is -0.559. The van der Waals surface area contributed by atoms with Crippen LogP contribution in [0.25, 0.3) is 6.08 Å². The van der Waals surface area contributed by atoms with Crippen LogP contribution in [0.3, 0.4) is 0 Å². The van der Waals surface area contributed by atoms with Crippen molar-refractivity contribution < 1.29 is 19.2 Å². The van der Waals surface area contributed by atoms with Gasteiger partial charge in [-0.1, -0.05) is 32.6 Å². The van der Waals surface area contributed by atoms with E-state index in [1.54, 1.807) is 24.3 Å². The maximum atomic E-state index is 12.1. The maximum Gasteiger partial charge on any atom is 0.363 e. The molecule has 2 aromatic rings. The second-order valence-corrected chi connectivity index (χ2v) is 6.97. The normalized spacial score (nSPS) is 14.5. The van der Waals surface area contributed by atoms with Gasteiger partial charge in [-0.3, -0.25) is 10.1 Å². The summed E-state index contributed by atoms with van der Waals surface area (Å²) in [6, 6.07) is 13.1. The number of rotatable bonds is 10. The van der Waals surface area contributed by atoms with Gasteiger partial charge in [-0.05, 0) is 54.5 Å². The Balaban J connectivity index is 1.60. The van der Waals surface area contributed by atoms with Gasteiger partial charge in [0.05, 0.1) is 11.5 Å². The van der Waals surface area contributed by atoms with Crippen LogP contribution in [0.2, 0.25) is 0 Å². The molecule has 0 unspecified atom stereocenters. The number of non-ortho nitro benzene ring substituents is 1. The molecular weight excluding hydrogens is 384 g/mol. The third-order valence-corrected chi connectivity index (χ3v) is 4.65. The van der Waals surface area contributed by atoms with Crippen LogP contribution in [0.15, 0.2) is 59.2 Å². The van der Waals surface area contributed by atoms with Crippen molar-refractivity contribution in [3.05, 3.63) is 75.5 Å². The highest BCUT2D eigenvalue weighted by atomic mass is 16.6. The quantitative estimate of drug-likeness (QED) is 0.175. The second kappa shape index (κ2) is 10.3. The fraction of sp³-hybridized carbons (Fsp3) is 0.304. The fourth-order valence-electron chi connectivity index (χ4n) is 2.97. The van der Waals surface area contributed by atoms with Crippen molar-refractivity contribution in [1.82, 2.24) is 0 Å². The van der Waals surface area contributed by atoms with Gasteiger partial charge >= 0.3 is 5.97 Å². The lowest BCUT2D eigenvalue weighted by Crippen LogP contribution is -2.05. The predicted octanol–water partition coefficient (Wildman–Crippen LogP) is 5.29. The van der Waals surface area contributed by atoms with Crippen LogP contribution in [-0.4, -0.2) is 23.4 Å². The van der Waals surface area contributed by atoms with E-state index in [-0.39, 0.29) is 17.3 Å². The van der Waals surface area contributed by atoms with E-state index in [4.69, 9.17) is 9.47 Å². The summed E-state index contributed by atoms with van der Waals surface area (Å²) in [7, 11) is 0. The topological polar surface area (TPSA) is 91.0 Å². The highest BCUT2D eigenvalue weighted by Gasteiger charge is 2.24. The lowest BCUT2D eigenvalue weighted by atomic mass is 10.2. The van der Waals surface area contributed by atoms with E-state index in [0.717, 1.165) is 12.2 Å². The molecule has 0 spiro atoms. The largest absolute Gasteiger partial charge is 0.494 e. The maximum absolute atomic E-state index is 12.1. The van der Waals surface area contributed by atoms with E-state index in [2.05, 4.69) is 11.9 Å². The van der Waals surface area contributed by atoms with Gasteiger partial charge in [-0.25, -0.2) is 9.79 Å². The molecule has 2 aromatic carbocycles. The third kappa shape index (κ3) is 5.76. The molecule has 30 heavy (non-hydrogen) atoms. The number of hydrogen-bond donors (Lipinski definition) is 0. The molecule has 0 N–H and O–H groups in total. The average Bonchev–Trinajstić information content (AvgIpc) is 3.11. The number of nitro groups is 1. The molecule has 0 atom stereocenters. The second-order valence-electron chi connectivity index (χ2n) is 6.97. The van der Waals surface area contributed by atoms with Gasteiger partial charge in [0, 0.05) is 17.7 Å². The summed E-state index contributed by atoms with van der Waals surface area (Å²) >= 11 is 0. The van der Waals surface area contributed by atoms with Gasteiger partial charge in [-0.15, -0.1) is 0 Å². The van der Waals surface area contributed by atoms with Crippen LogP contribution in [0.1, 0.15) is 50.2 Å². The van der Waals surface area contributed by atoms with Crippen molar-refractivity contribution in [2.45, 2.75) is 39.0 Å². The first-order chi connectivity index (χ1) is 14.6. The number of unbranched alkanes of at least 4 members (excludes halogenated alkanes) is 4. The van der Waals surface area contributed by atoms with Gasteiger partial charge in [0.2, 0.25) is 5.90 Å². The Morgan fingerprint density at radius 1 is 1.03 bits per heavy atom. The number of carbonyl (C=O) groups excluding carboxylic acids is 1. The van der Waals surface area contributed by atoms with E-state index in [9.17, 15) is 14.9 Å². The molecule has 0 radical (unpaired) electrons.